The minimum absolute atomic E-state index is 0.0191. The Labute approximate surface area is 186 Å². The molecule has 0 radical (unpaired) electrons. The van der Waals surface area contributed by atoms with Gasteiger partial charge in [0, 0.05) is 12.6 Å². The quantitative estimate of drug-likeness (QED) is 0.383. The number of hydrogen-bond acceptors (Lipinski definition) is 5. The average Bonchev–Trinajstić information content (AvgIpc) is 2.79. The van der Waals surface area contributed by atoms with Crippen molar-refractivity contribution in [2.75, 3.05) is 11.4 Å². The molecule has 6 nitrogen and oxygen atoms in total. The van der Waals surface area contributed by atoms with Crippen LogP contribution in [0.5, 0.6) is 0 Å². The lowest BCUT2D eigenvalue weighted by molar-refractivity contribution is 0.0318. The van der Waals surface area contributed by atoms with E-state index in [-0.39, 0.29) is 21.3 Å². The van der Waals surface area contributed by atoms with Crippen molar-refractivity contribution in [2.24, 2.45) is 0 Å². The molecule has 3 rings (SSSR count). The molecule has 0 aliphatic rings. The maximum atomic E-state index is 13.0. The van der Waals surface area contributed by atoms with E-state index < -0.39 is 22.1 Å². The third-order valence-electron chi connectivity index (χ3n) is 4.65. The Kier molecular flexibility index (Phi) is 6.77. The smallest absolute Gasteiger partial charge is 0.340 e. The van der Waals surface area contributed by atoms with Crippen LogP contribution in [0.3, 0.4) is 0 Å². The molecular weight excluding hydrogens is 438 g/mol. The van der Waals surface area contributed by atoms with Crippen LogP contribution in [0.2, 0.25) is 5.02 Å². The Morgan fingerprint density at radius 3 is 2.13 bits per heavy atom. The normalized spacial score (nSPS) is 12.1. The van der Waals surface area contributed by atoms with Gasteiger partial charge in [-0.2, -0.15) is 0 Å². The van der Waals surface area contributed by atoms with Crippen molar-refractivity contribution in [3.05, 3.63) is 95.0 Å². The lowest BCUT2D eigenvalue weighted by Crippen LogP contribution is -2.27. The minimum Gasteiger partial charge on any atom is -0.451 e. The Hall–Kier alpha value is -3.16. The van der Waals surface area contributed by atoms with Gasteiger partial charge in [0.15, 0.2) is 6.10 Å². The molecular formula is C23H20ClNO5S. The summed E-state index contributed by atoms with van der Waals surface area (Å²) in [6.45, 7) is 1.45. The predicted octanol–water partition coefficient (Wildman–Crippen LogP) is 4.59. The number of carbonyl (C=O) groups excluding carboxylic acids is 2. The van der Waals surface area contributed by atoms with E-state index in [1.165, 1.54) is 26.1 Å². The number of hydrogen-bond donors (Lipinski definition) is 0. The first-order valence-corrected chi connectivity index (χ1v) is 11.2. The van der Waals surface area contributed by atoms with E-state index in [4.69, 9.17) is 16.3 Å². The largest absolute Gasteiger partial charge is 0.451 e. The second-order valence-electron chi connectivity index (χ2n) is 6.73. The first-order valence-electron chi connectivity index (χ1n) is 9.35. The summed E-state index contributed by atoms with van der Waals surface area (Å²) in [5.41, 5.74) is 0.718. The molecule has 0 aliphatic carbocycles. The maximum absolute atomic E-state index is 13.0. The van der Waals surface area contributed by atoms with Gasteiger partial charge in [-0.1, -0.05) is 60.1 Å². The molecule has 0 aliphatic heterocycles. The third-order valence-corrected chi connectivity index (χ3v) is 6.76. The van der Waals surface area contributed by atoms with Crippen molar-refractivity contribution in [1.29, 1.82) is 0 Å². The van der Waals surface area contributed by atoms with Gasteiger partial charge in [0.05, 0.1) is 21.2 Å². The zero-order chi connectivity index (χ0) is 22.6. The third kappa shape index (κ3) is 4.95. The van der Waals surface area contributed by atoms with Crippen molar-refractivity contribution < 1.29 is 22.7 Å². The molecule has 0 spiro atoms. The monoisotopic (exact) mass is 457 g/mol. The van der Waals surface area contributed by atoms with Gasteiger partial charge in [0.25, 0.3) is 10.0 Å². The Morgan fingerprint density at radius 1 is 0.935 bits per heavy atom. The summed E-state index contributed by atoms with van der Waals surface area (Å²) in [4.78, 5) is 25.0. The van der Waals surface area contributed by atoms with Gasteiger partial charge in [0.1, 0.15) is 0 Å². The number of para-hydroxylation sites is 1. The highest BCUT2D eigenvalue weighted by atomic mass is 35.5. The fourth-order valence-corrected chi connectivity index (χ4v) is 4.29. The van der Waals surface area contributed by atoms with Crippen molar-refractivity contribution in [2.45, 2.75) is 17.9 Å². The molecule has 1 atom stereocenters. The molecule has 160 valence electrons. The highest BCUT2D eigenvalue weighted by molar-refractivity contribution is 7.92. The number of halogens is 1. The number of esters is 1. The van der Waals surface area contributed by atoms with Crippen molar-refractivity contribution in [1.82, 2.24) is 0 Å². The van der Waals surface area contributed by atoms with Gasteiger partial charge in [-0.3, -0.25) is 9.10 Å². The van der Waals surface area contributed by atoms with Crippen molar-refractivity contribution in [3.8, 4) is 0 Å². The first-order chi connectivity index (χ1) is 14.7. The summed E-state index contributed by atoms with van der Waals surface area (Å²) in [6, 6.07) is 20.7. The van der Waals surface area contributed by atoms with Crippen LogP contribution in [0.25, 0.3) is 0 Å². The Bertz CT molecular complexity index is 1200. The summed E-state index contributed by atoms with van der Waals surface area (Å²) < 4.78 is 32.4. The summed E-state index contributed by atoms with van der Waals surface area (Å²) >= 11 is 6.12. The van der Waals surface area contributed by atoms with E-state index in [1.54, 1.807) is 60.7 Å². The van der Waals surface area contributed by atoms with Crippen LogP contribution in [0.4, 0.5) is 5.69 Å². The summed E-state index contributed by atoms with van der Waals surface area (Å²) in [7, 11) is -2.54. The van der Waals surface area contributed by atoms with Gasteiger partial charge < -0.3 is 4.74 Å². The molecule has 0 heterocycles. The highest BCUT2D eigenvalue weighted by Crippen LogP contribution is 2.26. The number of sulfonamides is 1. The second kappa shape index (κ2) is 9.32. The zero-order valence-electron chi connectivity index (χ0n) is 16.9. The van der Waals surface area contributed by atoms with E-state index in [1.807, 2.05) is 0 Å². The summed E-state index contributed by atoms with van der Waals surface area (Å²) in [5.74, 6) is -1.26. The number of anilines is 1. The van der Waals surface area contributed by atoms with Crippen LogP contribution in [0.15, 0.2) is 83.8 Å². The van der Waals surface area contributed by atoms with E-state index in [2.05, 4.69) is 0 Å². The van der Waals surface area contributed by atoms with Crippen LogP contribution in [-0.4, -0.2) is 33.3 Å². The standard InChI is InChI=1S/C23H20ClNO5S/c1-16(22(26)17-9-5-3-6-10-17)30-23(27)20-15-19(13-14-21(20)24)31(28,29)25(2)18-11-7-4-8-12-18/h3-16H,1-2H3/t16-/m1/s1. The summed E-state index contributed by atoms with van der Waals surface area (Å²) in [5, 5.41) is 0.0191. The molecule has 0 saturated carbocycles. The highest BCUT2D eigenvalue weighted by Gasteiger charge is 2.26. The van der Waals surface area contributed by atoms with E-state index in [0.29, 0.717) is 11.3 Å². The molecule has 3 aromatic carbocycles. The van der Waals surface area contributed by atoms with E-state index in [0.717, 1.165) is 10.4 Å². The second-order valence-corrected chi connectivity index (χ2v) is 9.10. The fourth-order valence-electron chi connectivity index (χ4n) is 2.87. The van der Waals surface area contributed by atoms with Crippen LogP contribution < -0.4 is 4.31 Å². The molecule has 0 unspecified atom stereocenters. The molecule has 0 saturated heterocycles. The number of nitrogens with zero attached hydrogens (tertiary/aromatic N) is 1. The zero-order valence-corrected chi connectivity index (χ0v) is 18.4. The molecule has 0 aromatic heterocycles. The first kappa shape index (κ1) is 22.5. The SMILES string of the molecule is C[C@@H](OC(=O)c1cc(S(=O)(=O)N(C)c2ccccc2)ccc1Cl)C(=O)c1ccccc1. The maximum Gasteiger partial charge on any atom is 0.340 e. The molecule has 0 amide bonds. The van der Waals surface area contributed by atoms with Crippen molar-refractivity contribution in [3.63, 3.8) is 0 Å². The van der Waals surface area contributed by atoms with Crippen molar-refractivity contribution >= 4 is 39.1 Å². The number of ether oxygens (including phenoxy) is 1. The van der Waals surface area contributed by atoms with E-state index >= 15 is 0 Å². The van der Waals surface area contributed by atoms with Gasteiger partial charge in [0.2, 0.25) is 5.78 Å². The van der Waals surface area contributed by atoms with Gasteiger partial charge in [-0.05, 0) is 37.3 Å². The number of Topliss-reactive ketones (excluding diaryl/α,β-unsaturated/α-hetero) is 1. The number of rotatable bonds is 7. The van der Waals surface area contributed by atoms with Crippen LogP contribution in [0, 0.1) is 0 Å². The average molecular weight is 458 g/mol. The van der Waals surface area contributed by atoms with Crippen LogP contribution >= 0.6 is 11.6 Å². The summed E-state index contributed by atoms with van der Waals surface area (Å²) in [6.07, 6.45) is -1.07. The number of benzene rings is 3. The van der Waals surface area contributed by atoms with Gasteiger partial charge >= 0.3 is 5.97 Å². The van der Waals surface area contributed by atoms with Gasteiger partial charge in [-0.15, -0.1) is 0 Å². The molecule has 0 bridgehead atoms. The molecule has 0 fully saturated rings. The van der Waals surface area contributed by atoms with Gasteiger partial charge in [-0.25, -0.2) is 13.2 Å². The topological polar surface area (TPSA) is 80.8 Å². The van der Waals surface area contributed by atoms with E-state index in [9.17, 15) is 18.0 Å². The lowest BCUT2D eigenvalue weighted by Gasteiger charge is -2.20. The molecule has 8 heteroatoms. The number of ketones is 1. The molecule has 3 aromatic rings. The molecule has 0 N–H and O–H groups in total. The fraction of sp³-hybridized carbons (Fsp3) is 0.130. The number of carbonyl (C=O) groups is 2. The molecule has 31 heavy (non-hydrogen) atoms. The Balaban J connectivity index is 1.85. The van der Waals surface area contributed by atoms with Crippen LogP contribution in [-0.2, 0) is 14.8 Å². The lowest BCUT2D eigenvalue weighted by atomic mass is 10.1. The Morgan fingerprint density at radius 2 is 1.52 bits per heavy atom. The minimum atomic E-state index is -3.95. The predicted molar refractivity (Wildman–Crippen MR) is 119 cm³/mol. The van der Waals surface area contributed by atoms with Crippen LogP contribution in [0.1, 0.15) is 27.6 Å².